The number of thioether (sulfide) groups is 1. The molecule has 1 N–H and O–H groups in total. The SMILES string of the molecule is CCCCCCCCCCCSC(CCCCCCCC)C(C)OC(C(=O)OCC)P(=O)(O)OCCC. The summed E-state index contributed by atoms with van der Waals surface area (Å²) >= 11 is 1.88. The number of carbonyl (C=O) groups excluding carboxylic acids is 1. The van der Waals surface area contributed by atoms with Crippen LogP contribution in [0.15, 0.2) is 0 Å². The minimum Gasteiger partial charge on any atom is -0.464 e. The standard InChI is InChI=1S/C29H59O6PS/c1-6-10-12-14-16-17-18-20-22-25-37-27(23-21-19-15-13-11-7-2)26(5)35-29(28(30)33-9-4)36(31,32)34-24-8-3/h26-27,29H,6-25H2,1-5H3,(H,31,32). The van der Waals surface area contributed by atoms with E-state index in [0.29, 0.717) is 6.42 Å². The maximum absolute atomic E-state index is 12.9. The van der Waals surface area contributed by atoms with Gasteiger partial charge in [0.05, 0.1) is 19.3 Å². The zero-order valence-electron chi connectivity index (χ0n) is 24.7. The molecule has 222 valence electrons. The molecule has 37 heavy (non-hydrogen) atoms. The number of esters is 1. The van der Waals surface area contributed by atoms with Crippen molar-refractivity contribution >= 4 is 25.3 Å². The predicted octanol–water partition coefficient (Wildman–Crippen LogP) is 9.28. The minimum absolute atomic E-state index is 0.0932. The molecule has 0 saturated carbocycles. The first-order chi connectivity index (χ1) is 17.8. The Morgan fingerprint density at radius 2 is 1.30 bits per heavy atom. The number of hydrogen-bond donors (Lipinski definition) is 1. The third kappa shape index (κ3) is 19.6. The predicted molar refractivity (Wildman–Crippen MR) is 159 cm³/mol. The second-order valence-electron chi connectivity index (χ2n) is 10.1. The van der Waals surface area contributed by atoms with Crippen LogP contribution in [0.2, 0.25) is 0 Å². The van der Waals surface area contributed by atoms with Gasteiger partial charge in [0.15, 0.2) is 0 Å². The van der Waals surface area contributed by atoms with Crippen LogP contribution >= 0.6 is 19.4 Å². The molecule has 4 atom stereocenters. The van der Waals surface area contributed by atoms with Crippen LogP contribution in [-0.4, -0.2) is 47.0 Å². The third-order valence-corrected chi connectivity index (χ3v) is 9.60. The molecule has 0 aliphatic carbocycles. The lowest BCUT2D eigenvalue weighted by atomic mass is 10.1. The van der Waals surface area contributed by atoms with Gasteiger partial charge in [0.2, 0.25) is 0 Å². The molecule has 0 aliphatic heterocycles. The first kappa shape index (κ1) is 36.9. The summed E-state index contributed by atoms with van der Waals surface area (Å²) in [5.41, 5.74) is 0. The van der Waals surface area contributed by atoms with Gasteiger partial charge in [-0.25, -0.2) is 4.79 Å². The molecule has 0 bridgehead atoms. The Kier molecular flexibility index (Phi) is 24.9. The van der Waals surface area contributed by atoms with Gasteiger partial charge in [-0.05, 0) is 38.9 Å². The van der Waals surface area contributed by atoms with Crippen LogP contribution in [0.5, 0.6) is 0 Å². The summed E-state index contributed by atoms with van der Waals surface area (Å²) in [6.07, 6.45) is 20.2. The molecule has 0 fully saturated rings. The smallest absolute Gasteiger partial charge is 0.368 e. The minimum atomic E-state index is -4.30. The molecular formula is C29H59O6PS. The second kappa shape index (κ2) is 24.9. The summed E-state index contributed by atoms with van der Waals surface area (Å²) in [5.74, 6) is -1.38. The Bertz CT molecular complexity index is 577. The molecule has 0 aromatic carbocycles. The Balaban J connectivity index is 4.90. The lowest BCUT2D eigenvalue weighted by molar-refractivity contribution is -0.154. The first-order valence-corrected chi connectivity index (χ1v) is 17.9. The van der Waals surface area contributed by atoms with E-state index in [1.807, 2.05) is 25.6 Å². The highest BCUT2D eigenvalue weighted by molar-refractivity contribution is 7.99. The van der Waals surface area contributed by atoms with E-state index in [-0.39, 0.29) is 24.6 Å². The van der Waals surface area contributed by atoms with Gasteiger partial charge in [-0.3, -0.25) is 4.57 Å². The highest BCUT2D eigenvalue weighted by Gasteiger charge is 2.43. The molecule has 0 heterocycles. The quantitative estimate of drug-likeness (QED) is 0.0602. The van der Waals surface area contributed by atoms with Crippen LogP contribution in [0.1, 0.15) is 144 Å². The fraction of sp³-hybridized carbons (Fsp3) is 0.966. The lowest BCUT2D eigenvalue weighted by Crippen LogP contribution is -2.35. The summed E-state index contributed by atoms with van der Waals surface area (Å²) in [6, 6.07) is 0. The van der Waals surface area contributed by atoms with E-state index >= 15 is 0 Å². The van der Waals surface area contributed by atoms with Crippen molar-refractivity contribution in [2.75, 3.05) is 19.0 Å². The molecule has 8 heteroatoms. The second-order valence-corrected chi connectivity index (χ2v) is 13.3. The van der Waals surface area contributed by atoms with Gasteiger partial charge in [-0.2, -0.15) is 11.8 Å². The summed E-state index contributed by atoms with van der Waals surface area (Å²) in [5, 5.41) is 0.156. The topological polar surface area (TPSA) is 82.1 Å². The monoisotopic (exact) mass is 566 g/mol. The maximum atomic E-state index is 12.9. The summed E-state index contributed by atoms with van der Waals surface area (Å²) in [7, 11) is -4.30. The maximum Gasteiger partial charge on any atom is 0.368 e. The number of rotatable bonds is 27. The van der Waals surface area contributed by atoms with E-state index in [2.05, 4.69) is 13.8 Å². The number of ether oxygens (including phenoxy) is 2. The van der Waals surface area contributed by atoms with E-state index in [9.17, 15) is 14.3 Å². The zero-order valence-corrected chi connectivity index (χ0v) is 26.4. The molecule has 0 radical (unpaired) electrons. The summed E-state index contributed by atoms with van der Waals surface area (Å²) in [6.45, 7) is 10.1. The molecular weight excluding hydrogens is 507 g/mol. The normalized spacial score (nSPS) is 15.7. The fourth-order valence-corrected chi connectivity index (χ4v) is 6.90. The molecule has 4 unspecified atom stereocenters. The third-order valence-electron chi connectivity index (χ3n) is 6.55. The van der Waals surface area contributed by atoms with Gasteiger partial charge in [-0.15, -0.1) is 0 Å². The highest BCUT2D eigenvalue weighted by Crippen LogP contribution is 2.49. The fourth-order valence-electron chi connectivity index (χ4n) is 4.29. The van der Waals surface area contributed by atoms with Crippen LogP contribution in [0.4, 0.5) is 0 Å². The van der Waals surface area contributed by atoms with Crippen LogP contribution in [0.25, 0.3) is 0 Å². The van der Waals surface area contributed by atoms with E-state index in [1.54, 1.807) is 6.92 Å². The average molecular weight is 567 g/mol. The summed E-state index contributed by atoms with van der Waals surface area (Å²) in [4.78, 5) is 23.0. The van der Waals surface area contributed by atoms with Gasteiger partial charge in [0, 0.05) is 5.25 Å². The number of carbonyl (C=O) groups is 1. The Labute approximate surface area is 233 Å². The van der Waals surface area contributed by atoms with Gasteiger partial charge < -0.3 is 18.9 Å². The molecule has 0 rings (SSSR count). The molecule has 0 saturated heterocycles. The molecule has 6 nitrogen and oxygen atoms in total. The van der Waals surface area contributed by atoms with E-state index in [0.717, 1.165) is 18.6 Å². The number of hydrogen-bond acceptors (Lipinski definition) is 6. The Morgan fingerprint density at radius 3 is 1.81 bits per heavy atom. The van der Waals surface area contributed by atoms with Gasteiger partial charge in [0.1, 0.15) is 0 Å². The van der Waals surface area contributed by atoms with Crippen molar-refractivity contribution in [2.45, 2.75) is 161 Å². The van der Waals surface area contributed by atoms with Crippen molar-refractivity contribution in [3.63, 3.8) is 0 Å². The van der Waals surface area contributed by atoms with Crippen LogP contribution < -0.4 is 0 Å². The number of unbranched alkanes of at least 4 members (excludes halogenated alkanes) is 13. The first-order valence-electron chi connectivity index (χ1n) is 15.2. The zero-order chi connectivity index (χ0) is 27.8. The van der Waals surface area contributed by atoms with Crippen molar-refractivity contribution in [1.29, 1.82) is 0 Å². The average Bonchev–Trinajstić information content (AvgIpc) is 2.87. The van der Waals surface area contributed by atoms with Crippen molar-refractivity contribution in [2.24, 2.45) is 0 Å². The Hall–Kier alpha value is -0.0700. The van der Waals surface area contributed by atoms with E-state index in [4.69, 9.17) is 14.0 Å². The van der Waals surface area contributed by atoms with Crippen LogP contribution in [-0.2, 0) is 23.4 Å². The molecule has 0 spiro atoms. The summed E-state index contributed by atoms with van der Waals surface area (Å²) < 4.78 is 29.1. The van der Waals surface area contributed by atoms with Gasteiger partial charge >= 0.3 is 13.6 Å². The Morgan fingerprint density at radius 1 is 0.784 bits per heavy atom. The van der Waals surface area contributed by atoms with Crippen molar-refractivity contribution < 1.29 is 28.3 Å². The van der Waals surface area contributed by atoms with Crippen molar-refractivity contribution in [3.8, 4) is 0 Å². The van der Waals surface area contributed by atoms with E-state index in [1.165, 1.54) is 89.9 Å². The molecule has 0 aromatic rings. The lowest BCUT2D eigenvalue weighted by Gasteiger charge is -2.29. The molecule has 0 aromatic heterocycles. The molecule has 0 amide bonds. The van der Waals surface area contributed by atoms with Crippen molar-refractivity contribution in [3.05, 3.63) is 0 Å². The van der Waals surface area contributed by atoms with Gasteiger partial charge in [-0.1, -0.05) is 111 Å². The molecule has 0 aliphatic rings. The van der Waals surface area contributed by atoms with Crippen molar-refractivity contribution in [1.82, 2.24) is 0 Å². The highest BCUT2D eigenvalue weighted by atomic mass is 32.2. The van der Waals surface area contributed by atoms with Crippen LogP contribution in [0.3, 0.4) is 0 Å². The van der Waals surface area contributed by atoms with Gasteiger partial charge in [0.25, 0.3) is 5.85 Å². The largest absolute Gasteiger partial charge is 0.464 e. The van der Waals surface area contributed by atoms with E-state index < -0.39 is 19.4 Å². The van der Waals surface area contributed by atoms with Crippen LogP contribution in [0, 0.1) is 0 Å².